The Bertz CT molecular complexity index is 765. The molecule has 2 atom stereocenters. The Balaban J connectivity index is 2.20. The van der Waals surface area contributed by atoms with E-state index in [1.165, 1.54) is 6.07 Å². The lowest BCUT2D eigenvalue weighted by molar-refractivity contribution is -0.148. The number of phenolic OH excluding ortho intramolecular Hbond substituents is 1. The monoisotopic (exact) mass is 298 g/mol. The van der Waals surface area contributed by atoms with Gasteiger partial charge in [0, 0.05) is 5.92 Å². The third-order valence-electron chi connectivity index (χ3n) is 4.07. The summed E-state index contributed by atoms with van der Waals surface area (Å²) in [6, 6.07) is 12.2. The molecule has 0 aromatic heterocycles. The minimum Gasteiger partial charge on any atom is -0.508 e. The van der Waals surface area contributed by atoms with Crippen molar-refractivity contribution in [1.29, 1.82) is 0 Å². The van der Waals surface area contributed by atoms with Crippen LogP contribution in [0.3, 0.4) is 0 Å². The van der Waals surface area contributed by atoms with Gasteiger partial charge in [0.1, 0.15) is 5.75 Å². The summed E-state index contributed by atoms with van der Waals surface area (Å²) in [5.41, 5.74) is 3.18. The molecule has 0 aliphatic heterocycles. The number of benzene rings is 2. The van der Waals surface area contributed by atoms with Crippen molar-refractivity contribution in [3.05, 3.63) is 53.6 Å². The lowest BCUT2D eigenvalue weighted by Gasteiger charge is -2.20. The van der Waals surface area contributed by atoms with Crippen LogP contribution in [-0.4, -0.2) is 27.3 Å². The highest BCUT2D eigenvalue weighted by atomic mass is 16.4. The van der Waals surface area contributed by atoms with Crippen molar-refractivity contribution in [3.8, 4) is 16.9 Å². The molecule has 1 aliphatic rings. The molecule has 0 saturated heterocycles. The highest BCUT2D eigenvalue weighted by Crippen LogP contribution is 2.49. The maximum absolute atomic E-state index is 11.6. The van der Waals surface area contributed by atoms with Gasteiger partial charge in [-0.3, -0.25) is 9.59 Å². The van der Waals surface area contributed by atoms with Crippen molar-refractivity contribution in [2.24, 2.45) is 5.92 Å². The van der Waals surface area contributed by atoms with E-state index in [-0.39, 0.29) is 5.75 Å². The molecule has 2 aromatic carbocycles. The predicted molar refractivity (Wildman–Crippen MR) is 78.8 cm³/mol. The van der Waals surface area contributed by atoms with E-state index in [0.29, 0.717) is 5.56 Å². The van der Waals surface area contributed by atoms with Gasteiger partial charge in [-0.2, -0.15) is 0 Å². The van der Waals surface area contributed by atoms with Gasteiger partial charge < -0.3 is 15.3 Å². The Morgan fingerprint density at radius 1 is 1.00 bits per heavy atom. The van der Waals surface area contributed by atoms with Gasteiger partial charge in [-0.25, -0.2) is 0 Å². The lowest BCUT2D eigenvalue weighted by atomic mass is 9.82. The third-order valence-corrected chi connectivity index (χ3v) is 4.07. The predicted octanol–water partition coefficient (Wildman–Crippen LogP) is 2.68. The van der Waals surface area contributed by atoms with Crippen LogP contribution in [0.2, 0.25) is 0 Å². The molecule has 0 unspecified atom stereocenters. The molecule has 0 bridgehead atoms. The molecule has 5 heteroatoms. The Kier molecular flexibility index (Phi) is 3.33. The second kappa shape index (κ2) is 5.18. The van der Waals surface area contributed by atoms with E-state index in [0.717, 1.165) is 16.7 Å². The minimum absolute atomic E-state index is 0.0380. The average Bonchev–Trinajstić information content (AvgIpc) is 2.77. The van der Waals surface area contributed by atoms with E-state index in [2.05, 4.69) is 0 Å². The summed E-state index contributed by atoms with van der Waals surface area (Å²) in [6.07, 6.45) is -0.469. The molecule has 1 aliphatic carbocycles. The molecule has 3 rings (SSSR count). The molecule has 0 amide bonds. The number of phenols is 1. The van der Waals surface area contributed by atoms with Crippen LogP contribution in [0.15, 0.2) is 42.5 Å². The normalized spacial score (nSPS) is 16.6. The van der Waals surface area contributed by atoms with Gasteiger partial charge in [-0.05, 0) is 34.4 Å². The highest BCUT2D eigenvalue weighted by molar-refractivity contribution is 5.85. The summed E-state index contributed by atoms with van der Waals surface area (Å²) in [7, 11) is 0. The summed E-state index contributed by atoms with van der Waals surface area (Å²) < 4.78 is 0. The van der Waals surface area contributed by atoms with Crippen molar-refractivity contribution in [2.45, 2.75) is 12.3 Å². The molecule has 22 heavy (non-hydrogen) atoms. The smallest absolute Gasteiger partial charge is 0.308 e. The van der Waals surface area contributed by atoms with Crippen molar-refractivity contribution in [2.75, 3.05) is 0 Å². The number of carboxylic acid groups (broad SMARTS) is 2. The maximum atomic E-state index is 11.6. The Morgan fingerprint density at radius 2 is 1.68 bits per heavy atom. The van der Waals surface area contributed by atoms with Gasteiger partial charge in [-0.1, -0.05) is 30.3 Å². The van der Waals surface area contributed by atoms with E-state index in [9.17, 15) is 19.8 Å². The van der Waals surface area contributed by atoms with Crippen LogP contribution in [0.25, 0.3) is 11.1 Å². The largest absolute Gasteiger partial charge is 0.508 e. The Labute approximate surface area is 126 Å². The zero-order valence-corrected chi connectivity index (χ0v) is 11.6. The van der Waals surface area contributed by atoms with Crippen LogP contribution in [0.4, 0.5) is 0 Å². The number of carboxylic acids is 2. The molecule has 112 valence electrons. The molecule has 0 saturated carbocycles. The van der Waals surface area contributed by atoms with Crippen LogP contribution < -0.4 is 0 Å². The summed E-state index contributed by atoms with van der Waals surface area (Å²) in [5.74, 6) is -3.93. The zero-order chi connectivity index (χ0) is 15.9. The van der Waals surface area contributed by atoms with Gasteiger partial charge in [0.05, 0.1) is 12.3 Å². The van der Waals surface area contributed by atoms with Crippen molar-refractivity contribution in [3.63, 3.8) is 0 Å². The molecule has 5 nitrogen and oxygen atoms in total. The van der Waals surface area contributed by atoms with Crippen LogP contribution in [-0.2, 0) is 9.59 Å². The molecular weight excluding hydrogens is 284 g/mol. The van der Waals surface area contributed by atoms with Gasteiger partial charge in [0.2, 0.25) is 0 Å². The van der Waals surface area contributed by atoms with Crippen molar-refractivity contribution in [1.82, 2.24) is 0 Å². The topological polar surface area (TPSA) is 94.8 Å². The van der Waals surface area contributed by atoms with Crippen LogP contribution >= 0.6 is 0 Å². The fourth-order valence-corrected chi connectivity index (χ4v) is 3.20. The van der Waals surface area contributed by atoms with Crippen LogP contribution in [0.1, 0.15) is 23.5 Å². The van der Waals surface area contributed by atoms with Gasteiger partial charge >= 0.3 is 11.9 Å². The Morgan fingerprint density at radius 3 is 2.36 bits per heavy atom. The van der Waals surface area contributed by atoms with Crippen molar-refractivity contribution >= 4 is 11.9 Å². The quantitative estimate of drug-likeness (QED) is 0.806. The number of hydrogen-bond donors (Lipinski definition) is 3. The van der Waals surface area contributed by atoms with Gasteiger partial charge in [0.25, 0.3) is 0 Å². The van der Waals surface area contributed by atoms with E-state index in [4.69, 9.17) is 5.11 Å². The number of aromatic hydroxyl groups is 1. The molecular formula is C17H14O5. The Hall–Kier alpha value is -2.82. The number of aliphatic carboxylic acids is 2. The number of fused-ring (bicyclic) bond motifs is 3. The van der Waals surface area contributed by atoms with E-state index < -0.39 is 30.2 Å². The maximum Gasteiger partial charge on any atom is 0.308 e. The van der Waals surface area contributed by atoms with Crippen molar-refractivity contribution < 1.29 is 24.9 Å². The van der Waals surface area contributed by atoms with E-state index in [1.54, 1.807) is 18.2 Å². The van der Waals surface area contributed by atoms with E-state index in [1.807, 2.05) is 18.2 Å². The summed E-state index contributed by atoms with van der Waals surface area (Å²) in [6.45, 7) is 0. The zero-order valence-electron chi connectivity index (χ0n) is 11.6. The minimum atomic E-state index is -1.15. The van der Waals surface area contributed by atoms with Crippen LogP contribution in [0.5, 0.6) is 5.75 Å². The van der Waals surface area contributed by atoms with Gasteiger partial charge in [0.15, 0.2) is 0 Å². The molecule has 0 heterocycles. The molecule has 0 radical (unpaired) electrons. The fourth-order valence-electron chi connectivity index (χ4n) is 3.20. The first-order valence-corrected chi connectivity index (χ1v) is 6.86. The summed E-state index contributed by atoms with van der Waals surface area (Å²) in [5, 5.41) is 28.2. The summed E-state index contributed by atoms with van der Waals surface area (Å²) in [4.78, 5) is 22.6. The highest BCUT2D eigenvalue weighted by Gasteiger charge is 2.39. The molecule has 0 spiro atoms. The fraction of sp³-hybridized carbons (Fsp3) is 0.176. The van der Waals surface area contributed by atoms with E-state index >= 15 is 0 Å². The SMILES string of the molecule is O=C(O)C[C@@H](C(=O)O)[C@@H]1c2ccccc2-c2ccc(O)cc21. The third kappa shape index (κ3) is 2.20. The lowest BCUT2D eigenvalue weighted by Crippen LogP contribution is -2.24. The second-order valence-electron chi connectivity index (χ2n) is 5.38. The first kappa shape index (κ1) is 14.1. The van der Waals surface area contributed by atoms with Gasteiger partial charge in [-0.15, -0.1) is 0 Å². The number of rotatable bonds is 4. The number of hydrogen-bond acceptors (Lipinski definition) is 3. The first-order chi connectivity index (χ1) is 10.5. The standard InChI is InChI=1S/C17H14O5/c18-9-5-6-11-10-3-1-2-4-12(10)16(13(11)7-9)14(17(21)22)8-15(19)20/h1-7,14,16,18H,8H2,(H,19,20)(H,21,22)/t14-,16-/m1/s1. The number of carbonyl (C=O) groups is 2. The molecule has 3 N–H and O–H groups in total. The average molecular weight is 298 g/mol. The van der Waals surface area contributed by atoms with Crippen LogP contribution in [0, 0.1) is 5.92 Å². The first-order valence-electron chi connectivity index (χ1n) is 6.86. The second-order valence-corrected chi connectivity index (χ2v) is 5.38. The molecule has 2 aromatic rings. The summed E-state index contributed by atoms with van der Waals surface area (Å²) >= 11 is 0. The molecule has 0 fully saturated rings.